The van der Waals surface area contributed by atoms with E-state index in [1.54, 1.807) is 12.1 Å². The fourth-order valence-corrected chi connectivity index (χ4v) is 2.89. The molecule has 0 aliphatic carbocycles. The van der Waals surface area contributed by atoms with Gasteiger partial charge in [-0.1, -0.05) is 35.3 Å². The lowest BCUT2D eigenvalue weighted by Gasteiger charge is -2.53. The molecule has 0 bridgehead atoms. The van der Waals surface area contributed by atoms with Crippen LogP contribution >= 0.6 is 23.2 Å². The van der Waals surface area contributed by atoms with Gasteiger partial charge in [-0.2, -0.15) is 0 Å². The van der Waals surface area contributed by atoms with E-state index in [-0.39, 0.29) is 11.9 Å². The molecule has 0 saturated carbocycles. The predicted octanol–water partition coefficient (Wildman–Crippen LogP) is 3.76. The Morgan fingerprint density at radius 2 is 1.88 bits per heavy atom. The Bertz CT molecular complexity index is 375. The normalized spacial score (nSPS) is 24.5. The van der Waals surface area contributed by atoms with Crippen LogP contribution in [-0.2, 0) is 0 Å². The molecule has 1 aliphatic heterocycles. The van der Waals surface area contributed by atoms with Gasteiger partial charge in [0.1, 0.15) is 10.2 Å². The second-order valence-corrected chi connectivity index (χ2v) is 6.02. The number of hydrogen-bond acceptors (Lipinski definition) is 1. The minimum atomic E-state index is -0.762. The molecule has 1 nitrogen and oxygen atoms in total. The Morgan fingerprint density at radius 3 is 2.31 bits per heavy atom. The van der Waals surface area contributed by atoms with Crippen LogP contribution < -0.4 is 0 Å². The molecule has 1 heterocycles. The molecule has 16 heavy (non-hydrogen) atoms. The number of hydrogen-bond donors (Lipinski definition) is 0. The van der Waals surface area contributed by atoms with Crippen LogP contribution in [0.4, 0.5) is 4.39 Å². The SMILES string of the molecule is CC(C)N1CC(Cl)(Cl)C1c1ccc(F)cc1. The zero-order valence-corrected chi connectivity index (χ0v) is 10.8. The Hall–Kier alpha value is -0.310. The van der Waals surface area contributed by atoms with Crippen LogP contribution in [0.1, 0.15) is 25.5 Å². The van der Waals surface area contributed by atoms with Crippen molar-refractivity contribution in [3.05, 3.63) is 35.6 Å². The molecule has 1 aliphatic rings. The summed E-state index contributed by atoms with van der Waals surface area (Å²) in [6.45, 7) is 4.84. The minimum absolute atomic E-state index is 0.0450. The van der Waals surface area contributed by atoms with E-state index < -0.39 is 4.33 Å². The molecular weight excluding hydrogens is 248 g/mol. The highest BCUT2D eigenvalue weighted by Crippen LogP contribution is 2.50. The lowest BCUT2D eigenvalue weighted by atomic mass is 9.92. The van der Waals surface area contributed by atoms with Crippen LogP contribution in [0.25, 0.3) is 0 Å². The van der Waals surface area contributed by atoms with Gasteiger partial charge in [0.25, 0.3) is 0 Å². The van der Waals surface area contributed by atoms with Gasteiger partial charge in [-0.25, -0.2) is 4.39 Å². The molecule has 1 saturated heterocycles. The van der Waals surface area contributed by atoms with Crippen molar-refractivity contribution < 1.29 is 4.39 Å². The molecule has 1 aromatic carbocycles. The molecule has 1 atom stereocenters. The van der Waals surface area contributed by atoms with Gasteiger partial charge >= 0.3 is 0 Å². The largest absolute Gasteiger partial charge is 0.288 e. The standard InChI is InChI=1S/C12H14Cl2FN/c1-8(2)16-7-12(13,14)11(16)9-3-5-10(15)6-4-9/h3-6,8,11H,7H2,1-2H3. The molecule has 0 amide bonds. The molecule has 88 valence electrons. The van der Waals surface area contributed by atoms with E-state index in [9.17, 15) is 4.39 Å². The molecule has 1 aromatic rings. The fraction of sp³-hybridized carbons (Fsp3) is 0.500. The average Bonchev–Trinajstić information content (AvgIpc) is 2.18. The first-order chi connectivity index (χ1) is 7.42. The maximum atomic E-state index is 12.8. The molecule has 0 aromatic heterocycles. The number of nitrogens with zero attached hydrogens (tertiary/aromatic N) is 1. The Labute approximate surface area is 105 Å². The van der Waals surface area contributed by atoms with Crippen molar-refractivity contribution in [2.24, 2.45) is 0 Å². The van der Waals surface area contributed by atoms with Gasteiger partial charge in [-0.15, -0.1) is 0 Å². The van der Waals surface area contributed by atoms with Gasteiger partial charge in [0.05, 0.1) is 6.04 Å². The monoisotopic (exact) mass is 261 g/mol. The van der Waals surface area contributed by atoms with Crippen molar-refractivity contribution in [3.63, 3.8) is 0 Å². The van der Waals surface area contributed by atoms with E-state index in [1.807, 2.05) is 0 Å². The minimum Gasteiger partial charge on any atom is -0.288 e. The summed E-state index contributed by atoms with van der Waals surface area (Å²) in [6.07, 6.45) is 0. The third-order valence-electron chi connectivity index (χ3n) is 2.97. The Morgan fingerprint density at radius 1 is 1.31 bits per heavy atom. The van der Waals surface area contributed by atoms with Crippen molar-refractivity contribution in [1.82, 2.24) is 4.90 Å². The third-order valence-corrected chi connectivity index (χ3v) is 3.63. The molecule has 0 N–H and O–H groups in total. The van der Waals surface area contributed by atoms with Crippen LogP contribution in [0.15, 0.2) is 24.3 Å². The van der Waals surface area contributed by atoms with Crippen molar-refractivity contribution in [3.8, 4) is 0 Å². The molecule has 1 fully saturated rings. The summed E-state index contributed by atoms with van der Waals surface area (Å²) in [5.41, 5.74) is 0.964. The Balaban J connectivity index is 2.26. The smallest absolute Gasteiger partial charge is 0.150 e. The Kier molecular flexibility index (Phi) is 3.17. The zero-order valence-electron chi connectivity index (χ0n) is 9.25. The molecular formula is C12H14Cl2FN. The number of benzene rings is 1. The third kappa shape index (κ3) is 2.06. The second-order valence-electron chi connectivity index (χ2n) is 4.48. The van der Waals surface area contributed by atoms with E-state index in [0.717, 1.165) is 5.56 Å². The quantitative estimate of drug-likeness (QED) is 0.733. The van der Waals surface area contributed by atoms with Crippen LogP contribution in [0.5, 0.6) is 0 Å². The molecule has 1 unspecified atom stereocenters. The number of likely N-dealkylation sites (tertiary alicyclic amines) is 1. The number of halogens is 3. The first-order valence-corrected chi connectivity index (χ1v) is 6.06. The van der Waals surface area contributed by atoms with Gasteiger partial charge in [-0.3, -0.25) is 4.90 Å². The van der Waals surface area contributed by atoms with Gasteiger partial charge in [0.2, 0.25) is 0 Å². The van der Waals surface area contributed by atoms with E-state index in [2.05, 4.69) is 18.7 Å². The summed E-state index contributed by atoms with van der Waals surface area (Å²) in [7, 11) is 0. The van der Waals surface area contributed by atoms with E-state index in [1.165, 1.54) is 12.1 Å². The summed E-state index contributed by atoms with van der Waals surface area (Å²) >= 11 is 12.4. The summed E-state index contributed by atoms with van der Waals surface area (Å²) < 4.78 is 12.1. The van der Waals surface area contributed by atoms with Crippen molar-refractivity contribution >= 4 is 23.2 Å². The van der Waals surface area contributed by atoms with Crippen molar-refractivity contribution in [1.29, 1.82) is 0 Å². The highest BCUT2D eigenvalue weighted by molar-refractivity contribution is 6.49. The lowest BCUT2D eigenvalue weighted by molar-refractivity contribution is 0.0433. The topological polar surface area (TPSA) is 3.24 Å². The maximum absolute atomic E-state index is 12.8. The first-order valence-electron chi connectivity index (χ1n) is 5.31. The molecule has 4 heteroatoms. The van der Waals surface area contributed by atoms with E-state index in [4.69, 9.17) is 23.2 Å². The summed E-state index contributed by atoms with van der Waals surface area (Å²) in [4.78, 5) is 2.20. The van der Waals surface area contributed by atoms with Crippen molar-refractivity contribution in [2.75, 3.05) is 6.54 Å². The van der Waals surface area contributed by atoms with Crippen LogP contribution in [-0.4, -0.2) is 21.8 Å². The fourth-order valence-electron chi connectivity index (χ4n) is 2.11. The highest BCUT2D eigenvalue weighted by Gasteiger charge is 2.51. The number of alkyl halides is 2. The van der Waals surface area contributed by atoms with Gasteiger partial charge in [0.15, 0.2) is 0 Å². The second kappa shape index (κ2) is 4.17. The predicted molar refractivity (Wildman–Crippen MR) is 65.4 cm³/mol. The van der Waals surface area contributed by atoms with Gasteiger partial charge < -0.3 is 0 Å². The zero-order chi connectivity index (χ0) is 11.9. The lowest BCUT2D eigenvalue weighted by Crippen LogP contribution is -2.59. The van der Waals surface area contributed by atoms with Crippen LogP contribution in [0, 0.1) is 5.82 Å². The number of rotatable bonds is 2. The van der Waals surface area contributed by atoms with Gasteiger partial charge in [0, 0.05) is 12.6 Å². The highest BCUT2D eigenvalue weighted by atomic mass is 35.5. The average molecular weight is 262 g/mol. The summed E-state index contributed by atoms with van der Waals surface area (Å²) in [5, 5.41) is 0. The molecule has 0 spiro atoms. The van der Waals surface area contributed by atoms with Crippen LogP contribution in [0.2, 0.25) is 0 Å². The van der Waals surface area contributed by atoms with Gasteiger partial charge in [-0.05, 0) is 31.5 Å². The van der Waals surface area contributed by atoms with Crippen LogP contribution in [0.3, 0.4) is 0 Å². The van der Waals surface area contributed by atoms with E-state index in [0.29, 0.717) is 12.6 Å². The molecule has 0 radical (unpaired) electrons. The summed E-state index contributed by atoms with van der Waals surface area (Å²) in [6, 6.07) is 6.70. The summed E-state index contributed by atoms with van der Waals surface area (Å²) in [5.74, 6) is -0.242. The van der Waals surface area contributed by atoms with E-state index >= 15 is 0 Å². The van der Waals surface area contributed by atoms with Crippen molar-refractivity contribution in [2.45, 2.75) is 30.3 Å². The molecule has 2 rings (SSSR count). The maximum Gasteiger partial charge on any atom is 0.150 e. The first kappa shape index (κ1) is 12.2.